The van der Waals surface area contributed by atoms with Gasteiger partial charge in [0.15, 0.2) is 0 Å². The van der Waals surface area contributed by atoms with Crippen LogP contribution in [0.3, 0.4) is 0 Å². The van der Waals surface area contributed by atoms with Crippen LogP contribution in [0.5, 0.6) is 0 Å². The largest absolute Gasteiger partial charge is 0.388 e. The average Bonchev–Trinajstić information content (AvgIpc) is 3.36. The summed E-state index contributed by atoms with van der Waals surface area (Å²) in [6, 6.07) is 13.5. The Bertz CT molecular complexity index is 1280. The van der Waals surface area contributed by atoms with Crippen LogP contribution in [0.25, 0.3) is 11.4 Å². The van der Waals surface area contributed by atoms with Crippen LogP contribution in [0.4, 0.5) is 14.5 Å². The second-order valence-corrected chi connectivity index (χ2v) is 8.56. The molecule has 36 heavy (non-hydrogen) atoms. The summed E-state index contributed by atoms with van der Waals surface area (Å²) in [5.41, 5.74) is 2.70. The van der Waals surface area contributed by atoms with Crippen LogP contribution in [0, 0.1) is 5.41 Å². The standard InChI is InChI=1S/C25H26F2N6O3/c1-15(28)18-9-8-17(12-20(18)29-2)22-31-24(36-32-22)19-10-11-33(14-25(19,26)27)21(34)13-30-23(35)16-6-4-3-5-7-16/h3-9,12,19,28-29H,10-11,13-14H2,1-2H3,(H,30,35)/t19-/m0/s1. The topological polar surface area (TPSA) is 124 Å². The number of benzene rings is 2. The molecule has 1 aromatic heterocycles. The van der Waals surface area contributed by atoms with E-state index in [0.717, 1.165) is 4.90 Å². The molecule has 1 fully saturated rings. The number of carbonyl (C=O) groups is 2. The number of piperidine rings is 1. The Morgan fingerprint density at radius 2 is 1.97 bits per heavy atom. The fourth-order valence-electron chi connectivity index (χ4n) is 4.13. The zero-order chi connectivity index (χ0) is 25.9. The first-order valence-electron chi connectivity index (χ1n) is 11.4. The van der Waals surface area contributed by atoms with E-state index in [-0.39, 0.29) is 31.2 Å². The zero-order valence-corrected chi connectivity index (χ0v) is 19.8. The number of anilines is 1. The van der Waals surface area contributed by atoms with Crippen LogP contribution in [0.15, 0.2) is 53.1 Å². The third kappa shape index (κ3) is 5.24. The van der Waals surface area contributed by atoms with Crippen molar-refractivity contribution in [3.8, 4) is 11.4 Å². The number of carbonyl (C=O) groups excluding carboxylic acids is 2. The lowest BCUT2D eigenvalue weighted by molar-refractivity contribution is -0.144. The van der Waals surface area contributed by atoms with Gasteiger partial charge >= 0.3 is 0 Å². The molecule has 0 aliphatic carbocycles. The highest BCUT2D eigenvalue weighted by Gasteiger charge is 2.49. The van der Waals surface area contributed by atoms with Gasteiger partial charge in [-0.2, -0.15) is 4.98 Å². The maximum atomic E-state index is 15.1. The highest BCUT2D eigenvalue weighted by Crippen LogP contribution is 2.40. The number of likely N-dealkylation sites (tertiary alicyclic amines) is 1. The van der Waals surface area contributed by atoms with E-state index < -0.39 is 30.2 Å². The second kappa shape index (κ2) is 10.2. The number of halogens is 2. The van der Waals surface area contributed by atoms with Crippen LogP contribution in [0.1, 0.15) is 41.1 Å². The van der Waals surface area contributed by atoms with E-state index in [1.54, 1.807) is 62.5 Å². The average molecular weight is 497 g/mol. The van der Waals surface area contributed by atoms with E-state index in [4.69, 9.17) is 9.93 Å². The predicted molar refractivity (Wildman–Crippen MR) is 129 cm³/mol. The molecule has 2 heterocycles. The molecule has 1 aliphatic rings. The summed E-state index contributed by atoms with van der Waals surface area (Å²) in [4.78, 5) is 29.9. The summed E-state index contributed by atoms with van der Waals surface area (Å²) in [7, 11) is 1.72. The van der Waals surface area contributed by atoms with Crippen LogP contribution < -0.4 is 10.6 Å². The lowest BCUT2D eigenvalue weighted by atomic mass is 9.92. The third-order valence-electron chi connectivity index (χ3n) is 6.08. The predicted octanol–water partition coefficient (Wildman–Crippen LogP) is 3.55. The quantitative estimate of drug-likeness (QED) is 0.430. The van der Waals surface area contributed by atoms with E-state index in [2.05, 4.69) is 20.8 Å². The van der Waals surface area contributed by atoms with Crippen molar-refractivity contribution in [2.24, 2.45) is 0 Å². The Morgan fingerprint density at radius 1 is 1.22 bits per heavy atom. The molecule has 1 atom stereocenters. The normalized spacial score (nSPS) is 16.9. The molecule has 188 valence electrons. The van der Waals surface area contributed by atoms with Gasteiger partial charge in [-0.3, -0.25) is 9.59 Å². The fraction of sp³-hybridized carbons (Fsp3) is 0.320. The SMILES string of the molecule is CNc1cc(-c2noc([C@@H]3CCN(C(=O)CNC(=O)c4ccccc4)CC3(F)F)n2)ccc1C(C)=N. The van der Waals surface area contributed by atoms with E-state index >= 15 is 8.78 Å². The summed E-state index contributed by atoms with van der Waals surface area (Å²) < 4.78 is 35.3. The van der Waals surface area contributed by atoms with Gasteiger partial charge in [-0.15, -0.1) is 0 Å². The smallest absolute Gasteiger partial charge is 0.276 e. The van der Waals surface area contributed by atoms with Crippen molar-refractivity contribution in [1.82, 2.24) is 20.4 Å². The Hall–Kier alpha value is -4.15. The van der Waals surface area contributed by atoms with Crippen molar-refractivity contribution < 1.29 is 22.9 Å². The molecule has 2 amide bonds. The van der Waals surface area contributed by atoms with Crippen molar-refractivity contribution in [2.75, 3.05) is 32.0 Å². The number of hydrogen-bond acceptors (Lipinski definition) is 7. The molecule has 1 aliphatic heterocycles. The van der Waals surface area contributed by atoms with Gasteiger partial charge < -0.3 is 25.5 Å². The number of rotatable bonds is 7. The molecule has 3 aromatic rings. The van der Waals surface area contributed by atoms with Gasteiger partial charge in [-0.1, -0.05) is 35.5 Å². The molecule has 0 saturated carbocycles. The molecular formula is C25H26F2N6O3. The Balaban J connectivity index is 1.41. The van der Waals surface area contributed by atoms with Crippen molar-refractivity contribution >= 4 is 23.2 Å². The Morgan fingerprint density at radius 3 is 2.64 bits per heavy atom. The summed E-state index contributed by atoms with van der Waals surface area (Å²) in [6.07, 6.45) is -0.0687. The molecule has 4 rings (SSSR count). The second-order valence-electron chi connectivity index (χ2n) is 8.56. The Labute approximate surface area is 206 Å². The molecule has 0 radical (unpaired) electrons. The van der Waals surface area contributed by atoms with Gasteiger partial charge in [0.1, 0.15) is 5.92 Å². The molecule has 2 aromatic carbocycles. The van der Waals surface area contributed by atoms with E-state index in [0.29, 0.717) is 28.1 Å². The fourth-order valence-corrected chi connectivity index (χ4v) is 4.13. The van der Waals surface area contributed by atoms with E-state index in [1.807, 2.05) is 0 Å². The van der Waals surface area contributed by atoms with E-state index in [9.17, 15) is 9.59 Å². The van der Waals surface area contributed by atoms with Crippen molar-refractivity contribution in [3.05, 3.63) is 65.5 Å². The molecule has 0 unspecified atom stereocenters. The van der Waals surface area contributed by atoms with Gasteiger partial charge in [0.25, 0.3) is 11.8 Å². The first kappa shape index (κ1) is 25.0. The third-order valence-corrected chi connectivity index (χ3v) is 6.08. The van der Waals surface area contributed by atoms with Gasteiger partial charge in [0, 0.05) is 41.7 Å². The monoisotopic (exact) mass is 496 g/mol. The zero-order valence-electron chi connectivity index (χ0n) is 19.8. The number of nitrogens with one attached hydrogen (secondary N) is 3. The number of aromatic nitrogens is 2. The number of amides is 2. The van der Waals surface area contributed by atoms with Gasteiger partial charge in [0.05, 0.1) is 13.1 Å². The van der Waals surface area contributed by atoms with Crippen LogP contribution in [-0.2, 0) is 4.79 Å². The highest BCUT2D eigenvalue weighted by molar-refractivity contribution is 6.02. The lowest BCUT2D eigenvalue weighted by Crippen LogP contribution is -2.52. The van der Waals surface area contributed by atoms with Crippen molar-refractivity contribution in [3.63, 3.8) is 0 Å². The van der Waals surface area contributed by atoms with E-state index in [1.165, 1.54) is 0 Å². The van der Waals surface area contributed by atoms with Crippen LogP contribution >= 0.6 is 0 Å². The molecule has 3 N–H and O–H groups in total. The molecule has 9 nitrogen and oxygen atoms in total. The molecular weight excluding hydrogens is 470 g/mol. The van der Waals surface area contributed by atoms with Crippen LogP contribution in [0.2, 0.25) is 0 Å². The highest BCUT2D eigenvalue weighted by atomic mass is 19.3. The Kier molecular flexibility index (Phi) is 7.09. The first-order valence-corrected chi connectivity index (χ1v) is 11.4. The van der Waals surface area contributed by atoms with Gasteiger partial charge in [0.2, 0.25) is 17.6 Å². The number of nitrogens with zero attached hydrogens (tertiary/aromatic N) is 3. The number of alkyl halides is 2. The maximum Gasteiger partial charge on any atom is 0.276 e. The van der Waals surface area contributed by atoms with Gasteiger partial charge in [-0.25, -0.2) is 8.78 Å². The molecule has 0 spiro atoms. The summed E-state index contributed by atoms with van der Waals surface area (Å²) in [5, 5.41) is 17.2. The minimum absolute atomic E-state index is 0.0647. The minimum atomic E-state index is -3.29. The minimum Gasteiger partial charge on any atom is -0.388 e. The molecule has 1 saturated heterocycles. The lowest BCUT2D eigenvalue weighted by Gasteiger charge is -2.36. The summed E-state index contributed by atoms with van der Waals surface area (Å²) in [6.45, 7) is 0.540. The molecule has 0 bridgehead atoms. The van der Waals surface area contributed by atoms with Crippen molar-refractivity contribution in [2.45, 2.75) is 25.2 Å². The summed E-state index contributed by atoms with van der Waals surface area (Å²) >= 11 is 0. The van der Waals surface area contributed by atoms with Gasteiger partial charge in [-0.05, 0) is 31.5 Å². The first-order chi connectivity index (χ1) is 17.2. The summed E-state index contributed by atoms with van der Waals surface area (Å²) in [5.74, 6) is -5.71. The number of hydrogen-bond donors (Lipinski definition) is 3. The maximum absolute atomic E-state index is 15.1. The molecule has 11 heteroatoms. The van der Waals surface area contributed by atoms with Crippen LogP contribution in [-0.4, -0.2) is 65.2 Å². The van der Waals surface area contributed by atoms with Crippen molar-refractivity contribution in [1.29, 1.82) is 5.41 Å².